The van der Waals surface area contributed by atoms with Crippen molar-refractivity contribution in [1.82, 2.24) is 9.62 Å². The van der Waals surface area contributed by atoms with Crippen molar-refractivity contribution < 1.29 is 13.2 Å². The van der Waals surface area contributed by atoms with Crippen LogP contribution in [0.15, 0.2) is 23.1 Å². The second-order valence-electron chi connectivity index (χ2n) is 7.31. The molecule has 1 aromatic carbocycles. The summed E-state index contributed by atoms with van der Waals surface area (Å²) in [6.45, 7) is 4.66. The maximum atomic E-state index is 13.1. The Morgan fingerprint density at radius 3 is 2.42 bits per heavy atom. The molecular formula is C19H29N3O3S. The highest BCUT2D eigenvalue weighted by Gasteiger charge is 2.27. The highest BCUT2D eigenvalue weighted by Crippen LogP contribution is 2.26. The second-order valence-corrected chi connectivity index (χ2v) is 9.22. The van der Waals surface area contributed by atoms with Crippen LogP contribution in [-0.4, -0.2) is 44.8 Å². The predicted molar refractivity (Wildman–Crippen MR) is 103 cm³/mol. The smallest absolute Gasteiger partial charge is 0.243 e. The molecule has 0 saturated carbocycles. The summed E-state index contributed by atoms with van der Waals surface area (Å²) in [5.41, 5.74) is 1.28. The van der Waals surface area contributed by atoms with Gasteiger partial charge in [0.15, 0.2) is 0 Å². The van der Waals surface area contributed by atoms with Crippen molar-refractivity contribution in [1.29, 1.82) is 0 Å². The van der Waals surface area contributed by atoms with Crippen LogP contribution in [0.5, 0.6) is 0 Å². The molecule has 1 aromatic rings. The molecule has 2 fully saturated rings. The van der Waals surface area contributed by atoms with Crippen LogP contribution in [0.1, 0.15) is 44.1 Å². The number of rotatable bonds is 4. The van der Waals surface area contributed by atoms with Gasteiger partial charge < -0.3 is 10.6 Å². The molecule has 2 aliphatic rings. The molecule has 1 amide bonds. The minimum atomic E-state index is -3.53. The standard InChI is InChI=1S/C19H29N3O3S/c1-15-6-7-17(21-19(23)16-8-10-20-11-9-16)14-18(15)26(24,25)22-12-4-2-3-5-13-22/h6-7,14,16,20H,2-5,8-13H2,1H3,(H,21,23). The first-order chi connectivity index (χ1) is 12.5. The topological polar surface area (TPSA) is 78.5 Å². The zero-order valence-electron chi connectivity index (χ0n) is 15.5. The van der Waals surface area contributed by atoms with E-state index < -0.39 is 10.0 Å². The first kappa shape index (κ1) is 19.3. The third-order valence-electron chi connectivity index (χ3n) is 5.35. The predicted octanol–water partition coefficient (Wildman–Crippen LogP) is 2.50. The van der Waals surface area contributed by atoms with E-state index in [2.05, 4.69) is 10.6 Å². The monoisotopic (exact) mass is 379 g/mol. The van der Waals surface area contributed by atoms with E-state index in [9.17, 15) is 13.2 Å². The van der Waals surface area contributed by atoms with Crippen molar-refractivity contribution in [3.05, 3.63) is 23.8 Å². The maximum Gasteiger partial charge on any atom is 0.243 e. The van der Waals surface area contributed by atoms with Crippen molar-refractivity contribution in [2.24, 2.45) is 5.92 Å². The van der Waals surface area contributed by atoms with Crippen molar-refractivity contribution >= 4 is 21.6 Å². The molecular weight excluding hydrogens is 350 g/mol. The molecule has 0 aliphatic carbocycles. The fourth-order valence-corrected chi connectivity index (χ4v) is 5.47. The number of carbonyl (C=O) groups excluding carboxylic acids is 1. The summed E-state index contributed by atoms with van der Waals surface area (Å²) in [6.07, 6.45) is 5.61. The van der Waals surface area contributed by atoms with Crippen LogP contribution in [0.4, 0.5) is 5.69 Å². The molecule has 2 aliphatic heterocycles. The average molecular weight is 380 g/mol. The quantitative estimate of drug-likeness (QED) is 0.842. The molecule has 2 heterocycles. The number of aryl methyl sites for hydroxylation is 1. The summed E-state index contributed by atoms with van der Waals surface area (Å²) in [4.78, 5) is 12.8. The number of piperidine rings is 1. The van der Waals surface area contributed by atoms with E-state index in [1.54, 1.807) is 22.5 Å². The van der Waals surface area contributed by atoms with E-state index in [1.807, 2.05) is 6.92 Å². The van der Waals surface area contributed by atoms with Gasteiger partial charge in [0.25, 0.3) is 0 Å². The fraction of sp³-hybridized carbons (Fsp3) is 0.632. The van der Waals surface area contributed by atoms with Gasteiger partial charge >= 0.3 is 0 Å². The molecule has 144 valence electrons. The molecule has 7 heteroatoms. The maximum absolute atomic E-state index is 13.1. The zero-order valence-corrected chi connectivity index (χ0v) is 16.3. The van der Waals surface area contributed by atoms with Gasteiger partial charge in [0.1, 0.15) is 0 Å². The molecule has 2 N–H and O–H groups in total. The Morgan fingerprint density at radius 2 is 1.77 bits per heavy atom. The van der Waals surface area contributed by atoms with Crippen LogP contribution in [0, 0.1) is 12.8 Å². The van der Waals surface area contributed by atoms with Crippen molar-refractivity contribution in [3.63, 3.8) is 0 Å². The van der Waals surface area contributed by atoms with Gasteiger partial charge in [0.05, 0.1) is 4.90 Å². The van der Waals surface area contributed by atoms with Gasteiger partial charge in [-0.3, -0.25) is 4.79 Å². The lowest BCUT2D eigenvalue weighted by Gasteiger charge is -2.23. The first-order valence-electron chi connectivity index (χ1n) is 9.61. The molecule has 26 heavy (non-hydrogen) atoms. The van der Waals surface area contributed by atoms with E-state index in [0.717, 1.165) is 51.6 Å². The normalized spacial score (nSPS) is 20.5. The molecule has 0 unspecified atom stereocenters. The number of hydrogen-bond acceptors (Lipinski definition) is 4. The number of carbonyl (C=O) groups is 1. The van der Waals surface area contributed by atoms with E-state index >= 15 is 0 Å². The Hall–Kier alpha value is -1.44. The van der Waals surface area contributed by atoms with Crippen LogP contribution < -0.4 is 10.6 Å². The van der Waals surface area contributed by atoms with E-state index in [0.29, 0.717) is 29.2 Å². The van der Waals surface area contributed by atoms with E-state index in [-0.39, 0.29) is 11.8 Å². The fourth-order valence-electron chi connectivity index (χ4n) is 3.71. The Labute approximate surface area is 156 Å². The molecule has 0 radical (unpaired) electrons. The lowest BCUT2D eigenvalue weighted by Crippen LogP contribution is -2.35. The minimum Gasteiger partial charge on any atom is -0.326 e. The molecule has 0 spiro atoms. The average Bonchev–Trinajstić information content (AvgIpc) is 2.94. The number of nitrogens with one attached hydrogen (secondary N) is 2. The minimum absolute atomic E-state index is 0.0109. The summed E-state index contributed by atoms with van der Waals surface area (Å²) < 4.78 is 27.8. The lowest BCUT2D eigenvalue weighted by molar-refractivity contribution is -0.120. The van der Waals surface area contributed by atoms with Gasteiger partial charge in [0, 0.05) is 24.7 Å². The lowest BCUT2D eigenvalue weighted by atomic mass is 9.97. The third kappa shape index (κ3) is 4.45. The molecule has 0 aromatic heterocycles. The number of hydrogen-bond donors (Lipinski definition) is 2. The van der Waals surface area contributed by atoms with E-state index in [1.165, 1.54) is 0 Å². The van der Waals surface area contributed by atoms with Crippen LogP contribution in [0.2, 0.25) is 0 Å². The summed E-state index contributed by atoms with van der Waals surface area (Å²) in [5.74, 6) is -0.0308. The van der Waals surface area contributed by atoms with Crippen molar-refractivity contribution in [2.75, 3.05) is 31.5 Å². The number of anilines is 1. The van der Waals surface area contributed by atoms with Gasteiger partial charge in [-0.1, -0.05) is 18.9 Å². The third-order valence-corrected chi connectivity index (χ3v) is 7.39. The highest BCUT2D eigenvalue weighted by atomic mass is 32.2. The SMILES string of the molecule is Cc1ccc(NC(=O)C2CCNCC2)cc1S(=O)(=O)N1CCCCCC1. The molecule has 0 bridgehead atoms. The first-order valence-corrected chi connectivity index (χ1v) is 11.0. The number of nitrogens with zero attached hydrogens (tertiary/aromatic N) is 1. The van der Waals surface area contributed by atoms with Crippen LogP contribution in [-0.2, 0) is 14.8 Å². The Bertz CT molecular complexity index is 734. The van der Waals surface area contributed by atoms with Gasteiger partial charge in [-0.15, -0.1) is 0 Å². The Morgan fingerprint density at radius 1 is 1.12 bits per heavy atom. The van der Waals surface area contributed by atoms with E-state index in [4.69, 9.17) is 0 Å². The summed E-state index contributed by atoms with van der Waals surface area (Å²) >= 11 is 0. The van der Waals surface area contributed by atoms with Gasteiger partial charge in [-0.2, -0.15) is 4.31 Å². The van der Waals surface area contributed by atoms with Gasteiger partial charge in [-0.25, -0.2) is 8.42 Å². The highest BCUT2D eigenvalue weighted by molar-refractivity contribution is 7.89. The number of benzene rings is 1. The van der Waals surface area contributed by atoms with Crippen molar-refractivity contribution in [3.8, 4) is 0 Å². The number of amides is 1. The Kier molecular flexibility index (Phi) is 6.32. The zero-order chi connectivity index (χ0) is 18.6. The molecule has 2 saturated heterocycles. The second kappa shape index (κ2) is 8.50. The molecule has 6 nitrogen and oxygen atoms in total. The van der Waals surface area contributed by atoms with Crippen LogP contribution in [0.25, 0.3) is 0 Å². The van der Waals surface area contributed by atoms with Crippen LogP contribution in [0.3, 0.4) is 0 Å². The summed E-state index contributed by atoms with van der Waals surface area (Å²) in [7, 11) is -3.53. The molecule has 3 rings (SSSR count). The van der Waals surface area contributed by atoms with Crippen molar-refractivity contribution in [2.45, 2.75) is 50.3 Å². The van der Waals surface area contributed by atoms with Crippen LogP contribution >= 0.6 is 0 Å². The van der Waals surface area contributed by atoms with Gasteiger partial charge in [0.2, 0.25) is 15.9 Å². The molecule has 0 atom stereocenters. The summed E-state index contributed by atoms with van der Waals surface area (Å²) in [5, 5.41) is 6.16. The largest absolute Gasteiger partial charge is 0.326 e. The Balaban J connectivity index is 1.79. The summed E-state index contributed by atoms with van der Waals surface area (Å²) in [6, 6.07) is 5.19. The number of sulfonamides is 1. The van der Waals surface area contributed by atoms with Gasteiger partial charge in [-0.05, 0) is 63.4 Å².